The van der Waals surface area contributed by atoms with Crippen LogP contribution in [0.3, 0.4) is 0 Å². The summed E-state index contributed by atoms with van der Waals surface area (Å²) < 4.78 is 38.7. The zero-order valence-electron chi connectivity index (χ0n) is 9.18. The van der Waals surface area contributed by atoms with Gasteiger partial charge < -0.3 is 14.9 Å². The fourth-order valence-electron chi connectivity index (χ4n) is 1.54. The normalized spacial score (nSPS) is 13.2. The lowest BCUT2D eigenvalue weighted by Crippen LogP contribution is -2.12. The van der Waals surface area contributed by atoms with E-state index in [1.165, 1.54) is 12.1 Å². The fraction of sp³-hybridized carbons (Fsp3) is 0.200. The van der Waals surface area contributed by atoms with E-state index in [4.69, 9.17) is 14.9 Å². The van der Waals surface area contributed by atoms with E-state index in [0.29, 0.717) is 27.0 Å². The Morgan fingerprint density at radius 3 is 2.53 bits per heavy atom. The Kier molecular flexibility index (Phi) is 3.85. The monoisotopic (exact) mass is 372 g/mol. The summed E-state index contributed by atoms with van der Waals surface area (Å²) in [5.74, 6) is 0. The van der Waals surface area contributed by atoms with Crippen LogP contribution in [0.25, 0.3) is 10.1 Å². The van der Waals surface area contributed by atoms with Gasteiger partial charge in [-0.25, -0.2) is 0 Å². The summed E-state index contributed by atoms with van der Waals surface area (Å²) in [6.07, 6.45) is 0. The number of rotatable bonds is 3. The first-order valence-electron chi connectivity index (χ1n) is 4.94. The number of alkyl halides is 2. The standard InChI is InChI=1S/C10H8BrF2O4PS/c11-8-6-3-5(4-14)1-2-7(6)19-9(8)10(12,13)18(15,16)17/h1-3,14H,4H2,(H2,15,16,17). The van der Waals surface area contributed by atoms with Crippen LogP contribution in [0, 0.1) is 0 Å². The minimum absolute atomic E-state index is 0.0591. The van der Waals surface area contributed by atoms with Crippen molar-refractivity contribution in [1.29, 1.82) is 0 Å². The second-order valence-electron chi connectivity index (χ2n) is 3.82. The van der Waals surface area contributed by atoms with E-state index < -0.39 is 18.1 Å². The van der Waals surface area contributed by atoms with Crippen molar-refractivity contribution in [3.05, 3.63) is 33.1 Å². The molecular formula is C10H8BrF2O4PS. The maximum absolute atomic E-state index is 13.7. The molecule has 2 rings (SSSR count). The minimum Gasteiger partial charge on any atom is -0.392 e. The van der Waals surface area contributed by atoms with E-state index in [1.807, 2.05) is 0 Å². The minimum atomic E-state index is -5.59. The molecule has 0 bridgehead atoms. The molecule has 0 spiro atoms. The van der Waals surface area contributed by atoms with Crippen LogP contribution in [0.2, 0.25) is 0 Å². The van der Waals surface area contributed by atoms with Crippen molar-refractivity contribution in [2.45, 2.75) is 12.3 Å². The lowest BCUT2D eigenvalue weighted by molar-refractivity contribution is 0.0595. The third-order valence-electron chi connectivity index (χ3n) is 2.51. The summed E-state index contributed by atoms with van der Waals surface area (Å²) in [6, 6.07) is 4.58. The highest BCUT2D eigenvalue weighted by Crippen LogP contribution is 2.62. The molecular weight excluding hydrogens is 365 g/mol. The number of fused-ring (bicyclic) bond motifs is 1. The van der Waals surface area contributed by atoms with Crippen molar-refractivity contribution in [2.24, 2.45) is 0 Å². The Hall–Kier alpha value is -0.370. The summed E-state index contributed by atoms with van der Waals surface area (Å²) in [6.45, 7) is -0.248. The summed E-state index contributed by atoms with van der Waals surface area (Å²) in [7, 11) is -5.59. The number of aliphatic hydroxyl groups is 1. The van der Waals surface area contributed by atoms with Crippen molar-refractivity contribution >= 4 is 44.9 Å². The van der Waals surface area contributed by atoms with Gasteiger partial charge in [-0.2, -0.15) is 8.78 Å². The van der Waals surface area contributed by atoms with E-state index in [1.54, 1.807) is 6.07 Å². The lowest BCUT2D eigenvalue weighted by Gasteiger charge is -2.16. The third kappa shape index (κ3) is 2.49. The fourth-order valence-corrected chi connectivity index (χ4v) is 4.46. The molecule has 2 aromatic rings. The summed E-state index contributed by atoms with van der Waals surface area (Å²) >= 11 is 3.56. The van der Waals surface area contributed by atoms with Crippen molar-refractivity contribution in [1.82, 2.24) is 0 Å². The van der Waals surface area contributed by atoms with E-state index >= 15 is 0 Å². The van der Waals surface area contributed by atoms with Crippen molar-refractivity contribution < 1.29 is 28.2 Å². The Morgan fingerprint density at radius 1 is 1.37 bits per heavy atom. The number of hydrogen-bond acceptors (Lipinski definition) is 3. The molecule has 0 fully saturated rings. The van der Waals surface area contributed by atoms with Gasteiger partial charge in [0.15, 0.2) is 0 Å². The summed E-state index contributed by atoms with van der Waals surface area (Å²) in [5.41, 5.74) is -3.72. The van der Waals surface area contributed by atoms with Gasteiger partial charge in [0, 0.05) is 14.6 Å². The Morgan fingerprint density at radius 2 is 2.00 bits per heavy atom. The zero-order valence-corrected chi connectivity index (χ0v) is 12.5. The molecule has 0 aliphatic carbocycles. The molecule has 0 unspecified atom stereocenters. The van der Waals surface area contributed by atoms with Crippen molar-refractivity contribution in [2.75, 3.05) is 0 Å². The Labute approximate surface area is 119 Å². The van der Waals surface area contributed by atoms with Gasteiger partial charge in [-0.15, -0.1) is 11.3 Å². The second-order valence-corrected chi connectivity index (χ2v) is 7.31. The maximum Gasteiger partial charge on any atom is 0.400 e. The molecule has 0 amide bonds. The van der Waals surface area contributed by atoms with Gasteiger partial charge >= 0.3 is 13.3 Å². The van der Waals surface area contributed by atoms with Gasteiger partial charge in [0.1, 0.15) is 4.88 Å². The lowest BCUT2D eigenvalue weighted by atomic mass is 10.2. The molecule has 3 N–H and O–H groups in total. The van der Waals surface area contributed by atoms with E-state index in [2.05, 4.69) is 15.9 Å². The quantitative estimate of drug-likeness (QED) is 0.721. The molecule has 1 aromatic heterocycles. The zero-order chi connectivity index (χ0) is 14.4. The van der Waals surface area contributed by atoms with E-state index in [-0.39, 0.29) is 11.1 Å². The van der Waals surface area contributed by atoms with Crippen LogP contribution in [0.5, 0.6) is 0 Å². The average molecular weight is 373 g/mol. The predicted octanol–water partition coefficient (Wildman–Crippen LogP) is 3.38. The van der Waals surface area contributed by atoms with Crippen LogP contribution in [0.4, 0.5) is 8.78 Å². The smallest absolute Gasteiger partial charge is 0.392 e. The first-order valence-corrected chi connectivity index (χ1v) is 8.16. The largest absolute Gasteiger partial charge is 0.400 e. The van der Waals surface area contributed by atoms with Crippen molar-refractivity contribution in [3.63, 3.8) is 0 Å². The molecule has 0 saturated carbocycles. The van der Waals surface area contributed by atoms with E-state index in [0.717, 1.165) is 0 Å². The third-order valence-corrected chi connectivity index (χ3v) is 5.95. The molecule has 9 heteroatoms. The molecule has 4 nitrogen and oxygen atoms in total. The Balaban J connectivity index is 2.70. The predicted molar refractivity (Wildman–Crippen MR) is 71.4 cm³/mol. The average Bonchev–Trinajstić information content (AvgIpc) is 2.65. The first kappa shape index (κ1) is 15.0. The molecule has 0 radical (unpaired) electrons. The molecule has 1 aromatic carbocycles. The molecule has 0 aliphatic rings. The molecule has 0 saturated heterocycles. The van der Waals surface area contributed by atoms with Gasteiger partial charge in [-0.3, -0.25) is 4.57 Å². The van der Waals surface area contributed by atoms with Gasteiger partial charge in [-0.05, 0) is 33.6 Å². The van der Waals surface area contributed by atoms with Crippen molar-refractivity contribution in [3.8, 4) is 0 Å². The number of aliphatic hydroxyl groups excluding tert-OH is 1. The number of thiophene rings is 1. The van der Waals surface area contributed by atoms with E-state index in [9.17, 15) is 13.3 Å². The molecule has 0 atom stereocenters. The van der Waals surface area contributed by atoms with Crippen LogP contribution in [0.1, 0.15) is 10.4 Å². The SMILES string of the molecule is O=P(O)(O)C(F)(F)c1sc2ccc(CO)cc2c1Br. The number of halogens is 3. The topological polar surface area (TPSA) is 77.8 Å². The first-order chi connectivity index (χ1) is 8.68. The number of hydrogen-bond donors (Lipinski definition) is 3. The van der Waals surface area contributed by atoms with Gasteiger partial charge in [-0.1, -0.05) is 6.07 Å². The van der Waals surface area contributed by atoms with Gasteiger partial charge in [0.25, 0.3) is 0 Å². The highest BCUT2D eigenvalue weighted by atomic mass is 79.9. The van der Waals surface area contributed by atoms with Crippen LogP contribution >= 0.6 is 34.9 Å². The van der Waals surface area contributed by atoms with Gasteiger partial charge in [0.05, 0.1) is 6.61 Å². The van der Waals surface area contributed by atoms with Crippen LogP contribution in [-0.2, 0) is 16.8 Å². The molecule has 0 aliphatic heterocycles. The molecule has 104 valence electrons. The van der Waals surface area contributed by atoms with Gasteiger partial charge in [0.2, 0.25) is 0 Å². The van der Waals surface area contributed by atoms with Crippen LogP contribution in [0.15, 0.2) is 22.7 Å². The Bertz CT molecular complexity index is 681. The second kappa shape index (κ2) is 4.87. The maximum atomic E-state index is 13.7. The summed E-state index contributed by atoms with van der Waals surface area (Å²) in [4.78, 5) is 16.8. The highest BCUT2D eigenvalue weighted by Gasteiger charge is 2.53. The molecule has 1 heterocycles. The highest BCUT2D eigenvalue weighted by molar-refractivity contribution is 9.10. The number of benzene rings is 1. The molecule has 19 heavy (non-hydrogen) atoms. The summed E-state index contributed by atoms with van der Waals surface area (Å²) in [5, 5.41) is 9.39. The van der Waals surface area contributed by atoms with Crippen LogP contribution in [-0.4, -0.2) is 14.9 Å². The van der Waals surface area contributed by atoms with Crippen LogP contribution < -0.4 is 0 Å².